The number of nitrogens with zero attached hydrogens (tertiary/aromatic N) is 4. The first-order valence-corrected chi connectivity index (χ1v) is 11.8. The third kappa shape index (κ3) is 6.59. The van der Waals surface area contributed by atoms with Gasteiger partial charge in [-0.2, -0.15) is 0 Å². The van der Waals surface area contributed by atoms with E-state index in [1.54, 1.807) is 4.68 Å². The molecular weight excluding hydrogens is 425 g/mol. The Morgan fingerprint density at radius 2 is 2.09 bits per heavy atom. The van der Waals surface area contributed by atoms with Gasteiger partial charge < -0.3 is 20.1 Å². The van der Waals surface area contributed by atoms with Crippen molar-refractivity contribution >= 4 is 5.91 Å². The van der Waals surface area contributed by atoms with Gasteiger partial charge in [-0.3, -0.25) is 4.79 Å². The molecule has 2 fully saturated rings. The van der Waals surface area contributed by atoms with Crippen molar-refractivity contribution in [1.82, 2.24) is 25.2 Å². The Morgan fingerprint density at radius 3 is 2.76 bits per heavy atom. The molecule has 3 unspecified atom stereocenters. The Hall–Kier alpha value is -2.36. The van der Waals surface area contributed by atoms with Gasteiger partial charge in [0, 0.05) is 31.3 Å². The number of rotatable bonds is 10. The Kier molecular flexibility index (Phi) is 7.72. The van der Waals surface area contributed by atoms with Gasteiger partial charge in [-0.25, -0.2) is 9.07 Å². The van der Waals surface area contributed by atoms with Crippen LogP contribution in [-0.4, -0.2) is 75.7 Å². The van der Waals surface area contributed by atoms with Crippen molar-refractivity contribution < 1.29 is 19.0 Å². The number of aliphatic hydroxyl groups excluding tert-OH is 1. The summed E-state index contributed by atoms with van der Waals surface area (Å²) in [6.07, 6.45) is 5.61. The lowest BCUT2D eigenvalue weighted by Crippen LogP contribution is -2.45. The van der Waals surface area contributed by atoms with Crippen molar-refractivity contribution in [1.29, 1.82) is 0 Å². The standard InChI is InChI=1S/C24H34FN5O3/c1-16-11-21(13-24(32)33-16)29(2)10-9-23(31)26-19(14-25)12-17-3-7-20(8-4-17)30-15-22(27-28-30)18-5-6-18/h3-4,7-8,15-16,18-19,21,24,32H,5-6,9-14H2,1-2H3,(H,26,31)/t16-,19?,21?,24?/m1/s1. The molecule has 8 nitrogen and oxygen atoms in total. The summed E-state index contributed by atoms with van der Waals surface area (Å²) in [5, 5.41) is 21.0. The maximum atomic E-state index is 13.6. The number of hydrogen-bond acceptors (Lipinski definition) is 6. The van der Waals surface area contributed by atoms with Crippen LogP contribution >= 0.6 is 0 Å². The average molecular weight is 460 g/mol. The fraction of sp³-hybridized carbons (Fsp3) is 0.625. The topological polar surface area (TPSA) is 92.5 Å². The van der Waals surface area contributed by atoms with E-state index in [2.05, 4.69) is 20.5 Å². The number of halogens is 1. The fourth-order valence-corrected chi connectivity index (χ4v) is 4.39. The summed E-state index contributed by atoms with van der Waals surface area (Å²) in [5.41, 5.74) is 2.90. The van der Waals surface area contributed by atoms with Crippen molar-refractivity contribution in [3.63, 3.8) is 0 Å². The number of aromatic nitrogens is 3. The normalized spacial score (nSPS) is 24.1. The summed E-state index contributed by atoms with van der Waals surface area (Å²) in [7, 11) is 1.94. The van der Waals surface area contributed by atoms with Crippen LogP contribution in [0.2, 0.25) is 0 Å². The molecule has 1 amide bonds. The number of nitrogens with one attached hydrogen (secondary N) is 1. The lowest BCUT2D eigenvalue weighted by molar-refractivity contribution is -0.173. The highest BCUT2D eigenvalue weighted by atomic mass is 19.1. The van der Waals surface area contributed by atoms with E-state index in [-0.39, 0.29) is 24.5 Å². The van der Waals surface area contributed by atoms with Crippen molar-refractivity contribution in [3.8, 4) is 5.69 Å². The molecule has 2 heterocycles. The number of aliphatic hydroxyl groups is 1. The lowest BCUT2D eigenvalue weighted by Gasteiger charge is -2.36. The highest BCUT2D eigenvalue weighted by molar-refractivity contribution is 5.76. The maximum absolute atomic E-state index is 13.6. The first kappa shape index (κ1) is 23.8. The van der Waals surface area contributed by atoms with Gasteiger partial charge in [0.1, 0.15) is 6.67 Å². The smallest absolute Gasteiger partial charge is 0.221 e. The van der Waals surface area contributed by atoms with Crippen LogP contribution in [0.3, 0.4) is 0 Å². The molecule has 4 atom stereocenters. The van der Waals surface area contributed by atoms with Crippen molar-refractivity contribution in [2.45, 2.75) is 75.8 Å². The zero-order chi connectivity index (χ0) is 23.4. The molecule has 33 heavy (non-hydrogen) atoms. The van der Waals surface area contributed by atoms with Gasteiger partial charge in [0.2, 0.25) is 5.91 Å². The molecule has 0 spiro atoms. The molecule has 2 N–H and O–H groups in total. The molecule has 1 aliphatic heterocycles. The van der Waals surface area contributed by atoms with Crippen LogP contribution < -0.4 is 5.32 Å². The molecule has 180 valence electrons. The van der Waals surface area contributed by atoms with E-state index in [0.29, 0.717) is 25.3 Å². The molecule has 1 aliphatic carbocycles. The Morgan fingerprint density at radius 1 is 1.33 bits per heavy atom. The second kappa shape index (κ2) is 10.7. The molecule has 2 aliphatic rings. The molecule has 2 aromatic rings. The van der Waals surface area contributed by atoms with E-state index in [0.717, 1.165) is 23.4 Å². The third-order valence-corrected chi connectivity index (χ3v) is 6.52. The summed E-state index contributed by atoms with van der Waals surface area (Å²) < 4.78 is 20.7. The minimum atomic E-state index is -0.762. The quantitative estimate of drug-likeness (QED) is 0.567. The number of hydrogen-bond donors (Lipinski definition) is 2. The molecule has 9 heteroatoms. The second-order valence-corrected chi connectivity index (χ2v) is 9.41. The molecule has 1 aromatic carbocycles. The van der Waals surface area contributed by atoms with Gasteiger partial charge in [0.15, 0.2) is 6.29 Å². The van der Waals surface area contributed by atoms with Crippen LogP contribution in [0.1, 0.15) is 56.2 Å². The lowest BCUT2D eigenvalue weighted by atomic mass is 10.0. The highest BCUT2D eigenvalue weighted by Crippen LogP contribution is 2.38. The summed E-state index contributed by atoms with van der Waals surface area (Å²) >= 11 is 0. The first-order chi connectivity index (χ1) is 15.9. The third-order valence-electron chi connectivity index (χ3n) is 6.52. The van der Waals surface area contributed by atoms with Gasteiger partial charge >= 0.3 is 0 Å². The molecule has 1 aromatic heterocycles. The van der Waals surface area contributed by atoms with Gasteiger partial charge in [-0.15, -0.1) is 5.10 Å². The summed E-state index contributed by atoms with van der Waals surface area (Å²) in [5.74, 6) is 0.385. The van der Waals surface area contributed by atoms with Gasteiger partial charge in [-0.1, -0.05) is 17.3 Å². The Bertz CT molecular complexity index is 907. The monoisotopic (exact) mass is 459 g/mol. The zero-order valence-corrected chi connectivity index (χ0v) is 19.4. The maximum Gasteiger partial charge on any atom is 0.221 e. The van der Waals surface area contributed by atoms with Gasteiger partial charge in [-0.05, 0) is 57.4 Å². The van der Waals surface area contributed by atoms with E-state index in [1.165, 1.54) is 12.8 Å². The molecular formula is C24H34FN5O3. The van der Waals surface area contributed by atoms with Crippen LogP contribution in [0.15, 0.2) is 30.5 Å². The number of benzene rings is 1. The number of amides is 1. The zero-order valence-electron chi connectivity index (χ0n) is 19.4. The van der Waals surface area contributed by atoms with E-state index in [9.17, 15) is 14.3 Å². The molecule has 0 radical (unpaired) electrons. The number of carbonyl (C=O) groups excluding carboxylic acids is 1. The van der Waals surface area contributed by atoms with E-state index in [4.69, 9.17) is 4.74 Å². The van der Waals surface area contributed by atoms with Crippen molar-refractivity contribution in [2.75, 3.05) is 20.3 Å². The van der Waals surface area contributed by atoms with Crippen LogP contribution in [0.25, 0.3) is 5.69 Å². The summed E-state index contributed by atoms with van der Waals surface area (Å²) in [6, 6.07) is 7.36. The van der Waals surface area contributed by atoms with E-state index >= 15 is 0 Å². The minimum Gasteiger partial charge on any atom is -0.368 e. The van der Waals surface area contributed by atoms with E-state index in [1.807, 2.05) is 44.4 Å². The largest absolute Gasteiger partial charge is 0.368 e. The number of carbonyl (C=O) groups is 1. The Labute approximate surface area is 194 Å². The van der Waals surface area contributed by atoms with Crippen LogP contribution in [0, 0.1) is 0 Å². The SMILES string of the molecule is C[C@@H]1CC(N(C)CCC(=O)NC(CF)Cc2ccc(-n3cc(C4CC4)nn3)cc2)CC(O)O1. The summed E-state index contributed by atoms with van der Waals surface area (Å²) in [4.78, 5) is 14.5. The predicted molar refractivity (Wildman–Crippen MR) is 122 cm³/mol. The Balaban J connectivity index is 1.24. The van der Waals surface area contributed by atoms with E-state index < -0.39 is 19.0 Å². The van der Waals surface area contributed by atoms with Crippen LogP contribution in [0.5, 0.6) is 0 Å². The van der Waals surface area contributed by atoms with Crippen molar-refractivity contribution in [3.05, 3.63) is 41.7 Å². The predicted octanol–water partition coefficient (Wildman–Crippen LogP) is 2.35. The summed E-state index contributed by atoms with van der Waals surface area (Å²) in [6.45, 7) is 1.86. The highest BCUT2D eigenvalue weighted by Gasteiger charge is 2.29. The minimum absolute atomic E-state index is 0.0119. The molecule has 1 saturated heterocycles. The van der Waals surface area contributed by atoms with Crippen molar-refractivity contribution in [2.24, 2.45) is 0 Å². The molecule has 1 saturated carbocycles. The van der Waals surface area contributed by atoms with Gasteiger partial charge in [0.25, 0.3) is 0 Å². The molecule has 0 bridgehead atoms. The number of ether oxygens (including phenoxy) is 1. The van der Waals surface area contributed by atoms with Crippen LogP contribution in [-0.2, 0) is 16.0 Å². The van der Waals surface area contributed by atoms with Gasteiger partial charge in [0.05, 0.1) is 29.7 Å². The first-order valence-electron chi connectivity index (χ1n) is 11.8. The number of alkyl halides is 1. The fourth-order valence-electron chi connectivity index (χ4n) is 4.39. The molecule has 4 rings (SSSR count). The average Bonchev–Trinajstić information content (AvgIpc) is 3.53. The van der Waals surface area contributed by atoms with Crippen LogP contribution in [0.4, 0.5) is 4.39 Å². The second-order valence-electron chi connectivity index (χ2n) is 9.41.